The van der Waals surface area contributed by atoms with Crippen LogP contribution in [0, 0.1) is 11.3 Å². The first-order valence-electron chi connectivity index (χ1n) is 6.25. The van der Waals surface area contributed by atoms with Gasteiger partial charge in [-0.2, -0.15) is 5.26 Å². The van der Waals surface area contributed by atoms with Crippen molar-refractivity contribution in [3.63, 3.8) is 0 Å². The van der Waals surface area contributed by atoms with Gasteiger partial charge < -0.3 is 14.5 Å². The maximum Gasteiger partial charge on any atom is 0.342 e. The first-order valence-corrected chi connectivity index (χ1v) is 6.62. The van der Waals surface area contributed by atoms with Crippen LogP contribution in [0.3, 0.4) is 0 Å². The smallest absolute Gasteiger partial charge is 0.342 e. The molecule has 22 heavy (non-hydrogen) atoms. The number of ether oxygens (including phenoxy) is 1. The Balaban J connectivity index is 1.98. The van der Waals surface area contributed by atoms with E-state index in [0.717, 1.165) is 0 Å². The quantitative estimate of drug-likeness (QED) is 0.875. The summed E-state index contributed by atoms with van der Waals surface area (Å²) in [5, 5.41) is 11.6. The third kappa shape index (κ3) is 3.65. The van der Waals surface area contributed by atoms with E-state index in [9.17, 15) is 9.59 Å². The molecular weight excluding hydrogens is 308 g/mol. The number of hydrogen-bond donors (Lipinski definition) is 1. The number of nitrogens with zero attached hydrogens (tertiary/aromatic N) is 1. The molecule has 0 fully saturated rings. The zero-order valence-electron chi connectivity index (χ0n) is 11.5. The van der Waals surface area contributed by atoms with Crippen molar-refractivity contribution in [2.75, 3.05) is 5.32 Å². The molecule has 1 amide bonds. The van der Waals surface area contributed by atoms with E-state index in [0.29, 0.717) is 11.3 Å². The maximum atomic E-state index is 12.0. The minimum absolute atomic E-state index is 0.223. The number of furan rings is 1. The van der Waals surface area contributed by atoms with Crippen LogP contribution in [-0.4, -0.2) is 18.0 Å². The van der Waals surface area contributed by atoms with Gasteiger partial charge in [0.15, 0.2) is 6.10 Å². The Labute approximate surface area is 131 Å². The molecule has 0 saturated carbocycles. The molecule has 0 aliphatic heterocycles. The van der Waals surface area contributed by atoms with Gasteiger partial charge in [0.05, 0.1) is 22.4 Å². The summed E-state index contributed by atoms with van der Waals surface area (Å²) in [5.74, 6) is -1.17. The minimum atomic E-state index is -1.00. The number of benzene rings is 1. The summed E-state index contributed by atoms with van der Waals surface area (Å²) < 4.78 is 9.77. The number of nitriles is 1. The molecule has 0 aliphatic rings. The lowest BCUT2D eigenvalue weighted by Gasteiger charge is -2.13. The van der Waals surface area contributed by atoms with Crippen molar-refractivity contribution in [1.29, 1.82) is 5.26 Å². The third-order valence-corrected chi connectivity index (χ3v) is 3.08. The Morgan fingerprint density at radius 3 is 2.77 bits per heavy atom. The summed E-state index contributed by atoms with van der Waals surface area (Å²) in [5.41, 5.74) is 0.931. The lowest BCUT2D eigenvalue weighted by atomic mass is 10.2. The molecule has 0 aliphatic carbocycles. The largest absolute Gasteiger partial charge is 0.472 e. The van der Waals surface area contributed by atoms with E-state index in [4.69, 9.17) is 26.0 Å². The van der Waals surface area contributed by atoms with E-state index in [1.165, 1.54) is 43.7 Å². The van der Waals surface area contributed by atoms with Crippen LogP contribution in [-0.2, 0) is 9.53 Å². The number of esters is 1. The first kappa shape index (κ1) is 15.6. The van der Waals surface area contributed by atoms with Crippen LogP contribution in [0.4, 0.5) is 5.69 Å². The lowest BCUT2D eigenvalue weighted by Crippen LogP contribution is -2.29. The second-order valence-corrected chi connectivity index (χ2v) is 4.76. The topological polar surface area (TPSA) is 92.3 Å². The fourth-order valence-electron chi connectivity index (χ4n) is 1.59. The van der Waals surface area contributed by atoms with Gasteiger partial charge in [-0.3, -0.25) is 4.79 Å². The van der Waals surface area contributed by atoms with Gasteiger partial charge in [-0.25, -0.2) is 4.79 Å². The highest BCUT2D eigenvalue weighted by Gasteiger charge is 2.19. The van der Waals surface area contributed by atoms with E-state index in [-0.39, 0.29) is 10.6 Å². The second kappa shape index (κ2) is 6.78. The highest BCUT2D eigenvalue weighted by Crippen LogP contribution is 2.20. The molecule has 112 valence electrons. The Hall–Kier alpha value is -2.78. The number of halogens is 1. The van der Waals surface area contributed by atoms with Gasteiger partial charge >= 0.3 is 5.97 Å². The number of carbonyl (C=O) groups excluding carboxylic acids is 2. The highest BCUT2D eigenvalue weighted by molar-refractivity contribution is 6.32. The molecule has 1 unspecified atom stereocenters. The number of hydrogen-bond acceptors (Lipinski definition) is 5. The monoisotopic (exact) mass is 318 g/mol. The molecule has 2 rings (SSSR count). The number of carbonyl (C=O) groups is 2. The van der Waals surface area contributed by atoms with Gasteiger partial charge in [0, 0.05) is 5.69 Å². The number of rotatable bonds is 4. The predicted molar refractivity (Wildman–Crippen MR) is 78.4 cm³/mol. The fraction of sp³-hybridized carbons (Fsp3) is 0.133. The van der Waals surface area contributed by atoms with Crippen LogP contribution in [0.25, 0.3) is 0 Å². The summed E-state index contributed by atoms with van der Waals surface area (Å²) in [6.45, 7) is 1.44. The first-order chi connectivity index (χ1) is 10.5. The van der Waals surface area contributed by atoms with Crippen molar-refractivity contribution in [2.24, 2.45) is 0 Å². The summed E-state index contributed by atoms with van der Waals surface area (Å²) in [4.78, 5) is 23.7. The van der Waals surface area contributed by atoms with Gasteiger partial charge in [0.1, 0.15) is 12.3 Å². The number of amides is 1. The normalized spacial score (nSPS) is 11.3. The predicted octanol–water partition coefficient (Wildman–Crippen LogP) is 2.99. The zero-order chi connectivity index (χ0) is 16.1. The number of anilines is 1. The molecule has 7 heteroatoms. The maximum absolute atomic E-state index is 12.0. The van der Waals surface area contributed by atoms with Gasteiger partial charge in [-0.05, 0) is 31.2 Å². The average molecular weight is 319 g/mol. The van der Waals surface area contributed by atoms with Crippen LogP contribution in [0.5, 0.6) is 0 Å². The van der Waals surface area contributed by atoms with Gasteiger partial charge in [-0.1, -0.05) is 11.6 Å². The van der Waals surface area contributed by atoms with E-state index in [2.05, 4.69) is 5.32 Å². The fourth-order valence-corrected chi connectivity index (χ4v) is 1.81. The van der Waals surface area contributed by atoms with Crippen molar-refractivity contribution in [1.82, 2.24) is 0 Å². The molecule has 0 spiro atoms. The summed E-state index contributed by atoms with van der Waals surface area (Å²) in [6.07, 6.45) is 1.56. The van der Waals surface area contributed by atoms with Crippen LogP contribution in [0.1, 0.15) is 22.8 Å². The SMILES string of the molecule is CC(OC(=O)c1ccoc1)C(=O)Nc1ccc(C#N)c(Cl)c1. The molecule has 2 aromatic rings. The van der Waals surface area contributed by atoms with Crippen molar-refractivity contribution >= 4 is 29.2 Å². The highest BCUT2D eigenvalue weighted by atomic mass is 35.5. The van der Waals surface area contributed by atoms with Crippen molar-refractivity contribution < 1.29 is 18.7 Å². The standard InChI is InChI=1S/C15H11ClN2O4/c1-9(22-15(20)11-4-5-21-8-11)14(19)18-12-3-2-10(7-17)13(16)6-12/h2-6,8-9H,1H3,(H,18,19). The van der Waals surface area contributed by atoms with Gasteiger partial charge in [0.2, 0.25) is 0 Å². The lowest BCUT2D eigenvalue weighted by molar-refractivity contribution is -0.123. The average Bonchev–Trinajstić information content (AvgIpc) is 3.01. The Bertz CT molecular complexity index is 734. The molecule has 6 nitrogen and oxygen atoms in total. The molecule has 1 aromatic heterocycles. The van der Waals surface area contributed by atoms with E-state index in [1.807, 2.05) is 6.07 Å². The Morgan fingerprint density at radius 2 is 2.18 bits per heavy atom. The van der Waals surface area contributed by atoms with Crippen LogP contribution in [0.15, 0.2) is 41.2 Å². The molecule has 1 heterocycles. The Kier molecular flexibility index (Phi) is 4.81. The molecule has 0 radical (unpaired) electrons. The molecule has 1 aromatic carbocycles. The number of nitrogens with one attached hydrogen (secondary N) is 1. The second-order valence-electron chi connectivity index (χ2n) is 4.36. The molecule has 1 N–H and O–H groups in total. The van der Waals surface area contributed by atoms with E-state index in [1.54, 1.807) is 0 Å². The van der Waals surface area contributed by atoms with Crippen molar-refractivity contribution in [2.45, 2.75) is 13.0 Å². The molecule has 0 bridgehead atoms. The Morgan fingerprint density at radius 1 is 1.41 bits per heavy atom. The van der Waals surface area contributed by atoms with Crippen LogP contribution in [0.2, 0.25) is 5.02 Å². The molecule has 0 saturated heterocycles. The van der Waals surface area contributed by atoms with Crippen molar-refractivity contribution in [3.05, 3.63) is 52.9 Å². The van der Waals surface area contributed by atoms with Crippen LogP contribution < -0.4 is 5.32 Å². The van der Waals surface area contributed by atoms with Gasteiger partial charge in [0.25, 0.3) is 5.91 Å². The summed E-state index contributed by atoms with van der Waals surface area (Å²) in [7, 11) is 0. The summed E-state index contributed by atoms with van der Waals surface area (Å²) >= 11 is 5.87. The minimum Gasteiger partial charge on any atom is -0.472 e. The third-order valence-electron chi connectivity index (χ3n) is 2.77. The van der Waals surface area contributed by atoms with E-state index < -0.39 is 18.0 Å². The molecule has 1 atom stereocenters. The zero-order valence-corrected chi connectivity index (χ0v) is 12.3. The van der Waals surface area contributed by atoms with Crippen LogP contribution >= 0.6 is 11.6 Å². The van der Waals surface area contributed by atoms with Crippen molar-refractivity contribution in [3.8, 4) is 6.07 Å². The van der Waals surface area contributed by atoms with E-state index >= 15 is 0 Å². The van der Waals surface area contributed by atoms with Gasteiger partial charge in [-0.15, -0.1) is 0 Å². The molecular formula is C15H11ClN2O4. The summed E-state index contributed by atoms with van der Waals surface area (Å²) in [6, 6.07) is 7.82.